The van der Waals surface area contributed by atoms with Crippen LogP contribution in [0.3, 0.4) is 0 Å². The van der Waals surface area contributed by atoms with Crippen molar-refractivity contribution in [2.24, 2.45) is 11.8 Å². The Hall–Kier alpha value is -0.550. The van der Waals surface area contributed by atoms with E-state index in [1.165, 1.54) is 38.8 Å². The molecule has 1 heterocycles. The molecule has 2 atom stereocenters. The van der Waals surface area contributed by atoms with Crippen LogP contribution in [0.4, 0.5) is 0 Å². The van der Waals surface area contributed by atoms with Gasteiger partial charge in [-0.25, -0.2) is 0 Å². The molecular formula is C12H20N2. The van der Waals surface area contributed by atoms with Crippen LogP contribution in [-0.2, 0) is 0 Å². The van der Waals surface area contributed by atoms with Gasteiger partial charge in [-0.3, -0.25) is 4.90 Å². The molecule has 2 aliphatic rings. The molecule has 0 N–H and O–H groups in total. The number of nitriles is 1. The SMILES string of the molecule is CC1CCN(C2CCCC2C#N)CC1. The molecule has 0 aromatic heterocycles. The number of piperidine rings is 1. The molecule has 2 fully saturated rings. The lowest BCUT2D eigenvalue weighted by molar-refractivity contribution is 0.125. The summed E-state index contributed by atoms with van der Waals surface area (Å²) in [5.41, 5.74) is 0. The maximum absolute atomic E-state index is 9.04. The fourth-order valence-electron chi connectivity index (χ4n) is 2.89. The van der Waals surface area contributed by atoms with Crippen LogP contribution >= 0.6 is 0 Å². The van der Waals surface area contributed by atoms with Crippen molar-refractivity contribution in [3.8, 4) is 6.07 Å². The summed E-state index contributed by atoms with van der Waals surface area (Å²) in [6, 6.07) is 3.07. The minimum atomic E-state index is 0.323. The number of hydrogen-bond donors (Lipinski definition) is 0. The first kappa shape index (κ1) is 9.98. The number of rotatable bonds is 1. The molecule has 2 heteroatoms. The van der Waals surface area contributed by atoms with E-state index in [0.717, 1.165) is 12.3 Å². The summed E-state index contributed by atoms with van der Waals surface area (Å²) in [6.45, 7) is 4.79. The molecule has 0 bridgehead atoms. The number of nitrogens with zero attached hydrogens (tertiary/aromatic N) is 2. The zero-order chi connectivity index (χ0) is 9.97. The molecule has 0 amide bonds. The van der Waals surface area contributed by atoms with E-state index in [9.17, 15) is 0 Å². The average Bonchev–Trinajstić information content (AvgIpc) is 2.67. The van der Waals surface area contributed by atoms with E-state index in [1.54, 1.807) is 0 Å². The molecule has 1 aliphatic heterocycles. The quantitative estimate of drug-likeness (QED) is 0.638. The maximum Gasteiger partial charge on any atom is 0.0672 e. The highest BCUT2D eigenvalue weighted by molar-refractivity contribution is 4.98. The summed E-state index contributed by atoms with van der Waals surface area (Å²) in [6.07, 6.45) is 6.30. The van der Waals surface area contributed by atoms with E-state index in [1.807, 2.05) is 0 Å². The lowest BCUT2D eigenvalue weighted by atomic mass is 9.95. The first-order valence-electron chi connectivity index (χ1n) is 5.95. The average molecular weight is 192 g/mol. The molecule has 1 saturated carbocycles. The van der Waals surface area contributed by atoms with Crippen LogP contribution in [0.1, 0.15) is 39.0 Å². The van der Waals surface area contributed by atoms with Gasteiger partial charge < -0.3 is 0 Å². The lowest BCUT2D eigenvalue weighted by Gasteiger charge is -2.36. The smallest absolute Gasteiger partial charge is 0.0672 e. The van der Waals surface area contributed by atoms with E-state index < -0.39 is 0 Å². The van der Waals surface area contributed by atoms with Crippen LogP contribution in [-0.4, -0.2) is 24.0 Å². The molecule has 1 saturated heterocycles. The van der Waals surface area contributed by atoms with Crippen LogP contribution < -0.4 is 0 Å². The monoisotopic (exact) mass is 192 g/mol. The Morgan fingerprint density at radius 1 is 1.14 bits per heavy atom. The van der Waals surface area contributed by atoms with Crippen LogP contribution in [0.5, 0.6) is 0 Å². The van der Waals surface area contributed by atoms with Crippen LogP contribution in [0, 0.1) is 23.2 Å². The first-order chi connectivity index (χ1) is 6.81. The topological polar surface area (TPSA) is 27.0 Å². The van der Waals surface area contributed by atoms with Gasteiger partial charge in [0.2, 0.25) is 0 Å². The summed E-state index contributed by atoms with van der Waals surface area (Å²) in [4.78, 5) is 2.57. The standard InChI is InChI=1S/C12H20N2/c1-10-5-7-14(8-6-10)12-4-2-3-11(12)9-13/h10-12H,2-8H2,1H3. The second-order valence-electron chi connectivity index (χ2n) is 4.95. The van der Waals surface area contributed by atoms with E-state index in [2.05, 4.69) is 17.9 Å². The predicted octanol–water partition coefficient (Wildman–Crippen LogP) is 2.41. The minimum Gasteiger partial charge on any atom is -0.299 e. The molecule has 0 spiro atoms. The van der Waals surface area contributed by atoms with Crippen molar-refractivity contribution >= 4 is 0 Å². The Bertz CT molecular complexity index is 223. The Morgan fingerprint density at radius 2 is 1.86 bits per heavy atom. The predicted molar refractivity (Wildman–Crippen MR) is 56.7 cm³/mol. The second kappa shape index (κ2) is 4.31. The largest absolute Gasteiger partial charge is 0.299 e. The summed E-state index contributed by atoms with van der Waals surface area (Å²) in [5.74, 6) is 1.22. The summed E-state index contributed by atoms with van der Waals surface area (Å²) < 4.78 is 0. The van der Waals surface area contributed by atoms with Crippen molar-refractivity contribution in [3.63, 3.8) is 0 Å². The van der Waals surface area contributed by atoms with Gasteiger partial charge in [0.1, 0.15) is 0 Å². The Morgan fingerprint density at radius 3 is 2.50 bits per heavy atom. The molecule has 2 unspecified atom stereocenters. The molecule has 2 rings (SSSR count). The van der Waals surface area contributed by atoms with Gasteiger partial charge >= 0.3 is 0 Å². The van der Waals surface area contributed by atoms with E-state index >= 15 is 0 Å². The minimum absolute atomic E-state index is 0.323. The van der Waals surface area contributed by atoms with Crippen LogP contribution in [0.25, 0.3) is 0 Å². The van der Waals surface area contributed by atoms with Crippen LogP contribution in [0.15, 0.2) is 0 Å². The fraction of sp³-hybridized carbons (Fsp3) is 0.917. The van der Waals surface area contributed by atoms with Gasteiger partial charge in [0.25, 0.3) is 0 Å². The molecule has 0 aromatic carbocycles. The van der Waals surface area contributed by atoms with Crippen LogP contribution in [0.2, 0.25) is 0 Å². The van der Waals surface area contributed by atoms with E-state index in [0.29, 0.717) is 12.0 Å². The Kier molecular flexibility index (Phi) is 3.08. The third-order valence-electron chi connectivity index (χ3n) is 3.93. The first-order valence-corrected chi connectivity index (χ1v) is 5.95. The van der Waals surface area contributed by atoms with Crippen molar-refractivity contribution in [1.82, 2.24) is 4.90 Å². The zero-order valence-electron chi connectivity index (χ0n) is 9.08. The highest BCUT2D eigenvalue weighted by atomic mass is 15.2. The molecule has 1 aliphatic carbocycles. The van der Waals surface area contributed by atoms with E-state index in [-0.39, 0.29) is 0 Å². The van der Waals surface area contributed by atoms with Crippen molar-refractivity contribution in [2.45, 2.75) is 45.1 Å². The third-order valence-corrected chi connectivity index (χ3v) is 3.93. The van der Waals surface area contributed by atoms with Gasteiger partial charge in [0.05, 0.1) is 12.0 Å². The molecule has 0 radical (unpaired) electrons. The molecule has 2 nitrogen and oxygen atoms in total. The van der Waals surface area contributed by atoms with Gasteiger partial charge in [-0.15, -0.1) is 0 Å². The van der Waals surface area contributed by atoms with Gasteiger partial charge in [-0.05, 0) is 44.7 Å². The van der Waals surface area contributed by atoms with Crippen molar-refractivity contribution in [1.29, 1.82) is 5.26 Å². The third kappa shape index (κ3) is 1.93. The molecular weight excluding hydrogens is 172 g/mol. The van der Waals surface area contributed by atoms with Crippen molar-refractivity contribution in [3.05, 3.63) is 0 Å². The Balaban J connectivity index is 1.92. The summed E-state index contributed by atoms with van der Waals surface area (Å²) in [5, 5.41) is 9.04. The molecule has 78 valence electrons. The van der Waals surface area contributed by atoms with Crippen molar-refractivity contribution in [2.75, 3.05) is 13.1 Å². The van der Waals surface area contributed by atoms with E-state index in [4.69, 9.17) is 5.26 Å². The highest BCUT2D eigenvalue weighted by Crippen LogP contribution is 2.31. The molecule has 0 aromatic rings. The lowest BCUT2D eigenvalue weighted by Crippen LogP contribution is -2.42. The van der Waals surface area contributed by atoms with Gasteiger partial charge in [-0.1, -0.05) is 13.3 Å². The van der Waals surface area contributed by atoms with Crippen molar-refractivity contribution < 1.29 is 0 Å². The highest BCUT2D eigenvalue weighted by Gasteiger charge is 2.33. The Labute approximate surface area is 86.9 Å². The second-order valence-corrected chi connectivity index (χ2v) is 4.95. The zero-order valence-corrected chi connectivity index (χ0v) is 9.08. The maximum atomic E-state index is 9.04. The summed E-state index contributed by atoms with van der Waals surface area (Å²) in [7, 11) is 0. The number of likely N-dealkylation sites (tertiary alicyclic amines) is 1. The van der Waals surface area contributed by atoms with Gasteiger partial charge in [0, 0.05) is 6.04 Å². The summed E-state index contributed by atoms with van der Waals surface area (Å²) >= 11 is 0. The molecule has 14 heavy (non-hydrogen) atoms. The normalized spacial score (nSPS) is 35.7. The van der Waals surface area contributed by atoms with Gasteiger partial charge in [-0.2, -0.15) is 5.26 Å². The van der Waals surface area contributed by atoms with Gasteiger partial charge in [0.15, 0.2) is 0 Å². The number of hydrogen-bond acceptors (Lipinski definition) is 2. The fourth-order valence-corrected chi connectivity index (χ4v) is 2.89.